The maximum atomic E-state index is 11.7. The van der Waals surface area contributed by atoms with E-state index in [1.165, 1.54) is 11.8 Å². The summed E-state index contributed by atoms with van der Waals surface area (Å²) < 4.78 is 7.09. The number of halogens is 1. The summed E-state index contributed by atoms with van der Waals surface area (Å²) in [5, 5.41) is 16.8. The molecule has 2 aliphatic heterocycles. The average Bonchev–Trinajstić information content (AvgIpc) is 3.14. The SMILES string of the molecule is O=C1COc2ccc(C3=Nn4cnnc4SC3c3ccccc3Cl)cc2N1. The van der Waals surface area contributed by atoms with Crippen LogP contribution in [0.4, 0.5) is 5.69 Å². The van der Waals surface area contributed by atoms with Crippen molar-refractivity contribution in [1.82, 2.24) is 14.9 Å². The summed E-state index contributed by atoms with van der Waals surface area (Å²) >= 11 is 7.99. The van der Waals surface area contributed by atoms with Gasteiger partial charge >= 0.3 is 0 Å². The molecule has 0 spiro atoms. The number of anilines is 1. The summed E-state index contributed by atoms with van der Waals surface area (Å²) in [4.78, 5) is 11.7. The Bertz CT molecular complexity index is 1100. The van der Waals surface area contributed by atoms with Crippen molar-refractivity contribution < 1.29 is 9.53 Å². The minimum Gasteiger partial charge on any atom is -0.482 e. The number of carbonyl (C=O) groups is 1. The third kappa shape index (κ3) is 2.87. The first-order chi connectivity index (χ1) is 13.2. The summed E-state index contributed by atoms with van der Waals surface area (Å²) in [6.45, 7) is 0.0233. The smallest absolute Gasteiger partial charge is 0.262 e. The summed E-state index contributed by atoms with van der Waals surface area (Å²) in [5.74, 6) is 0.463. The minimum atomic E-state index is -0.177. The molecule has 7 nitrogen and oxygen atoms in total. The van der Waals surface area contributed by atoms with Crippen molar-refractivity contribution >= 4 is 40.7 Å². The molecular weight excluding hydrogens is 386 g/mol. The highest BCUT2D eigenvalue weighted by Crippen LogP contribution is 2.43. The van der Waals surface area contributed by atoms with Crippen LogP contribution in [0.3, 0.4) is 0 Å². The number of hydrogen-bond acceptors (Lipinski definition) is 6. The second-order valence-corrected chi connectivity index (χ2v) is 7.49. The fourth-order valence-corrected chi connectivity index (χ4v) is 4.48. The lowest BCUT2D eigenvalue weighted by atomic mass is 10.0. The van der Waals surface area contributed by atoms with E-state index in [4.69, 9.17) is 21.4 Å². The molecule has 3 heterocycles. The number of aromatic nitrogens is 3. The van der Waals surface area contributed by atoms with Gasteiger partial charge in [0.1, 0.15) is 12.1 Å². The van der Waals surface area contributed by atoms with Crippen molar-refractivity contribution in [2.24, 2.45) is 5.10 Å². The van der Waals surface area contributed by atoms with Crippen molar-refractivity contribution in [2.45, 2.75) is 10.4 Å². The van der Waals surface area contributed by atoms with E-state index >= 15 is 0 Å². The largest absolute Gasteiger partial charge is 0.482 e. The zero-order valence-corrected chi connectivity index (χ0v) is 15.4. The molecule has 0 fully saturated rings. The van der Waals surface area contributed by atoms with Crippen molar-refractivity contribution in [3.05, 3.63) is 64.9 Å². The van der Waals surface area contributed by atoms with Gasteiger partial charge in [0.05, 0.1) is 16.6 Å². The van der Waals surface area contributed by atoms with Gasteiger partial charge in [0.25, 0.3) is 5.91 Å². The number of nitrogens with one attached hydrogen (secondary N) is 1. The first-order valence-electron chi connectivity index (χ1n) is 8.16. The fraction of sp³-hybridized carbons (Fsp3) is 0.111. The quantitative estimate of drug-likeness (QED) is 0.717. The first kappa shape index (κ1) is 16.3. The number of carbonyl (C=O) groups excluding carboxylic acids is 1. The van der Waals surface area contributed by atoms with E-state index in [1.54, 1.807) is 11.0 Å². The first-order valence-corrected chi connectivity index (χ1v) is 9.42. The Kier molecular flexibility index (Phi) is 3.87. The van der Waals surface area contributed by atoms with Crippen molar-refractivity contribution in [2.75, 3.05) is 11.9 Å². The number of ether oxygens (including phenoxy) is 1. The van der Waals surface area contributed by atoms with E-state index in [0.717, 1.165) is 16.8 Å². The monoisotopic (exact) mass is 397 g/mol. The van der Waals surface area contributed by atoms with Crippen molar-refractivity contribution in [1.29, 1.82) is 0 Å². The molecule has 1 atom stereocenters. The predicted molar refractivity (Wildman–Crippen MR) is 103 cm³/mol. The van der Waals surface area contributed by atoms with E-state index < -0.39 is 0 Å². The van der Waals surface area contributed by atoms with Gasteiger partial charge in [0, 0.05) is 10.6 Å². The maximum absolute atomic E-state index is 11.7. The van der Waals surface area contributed by atoms with Crippen molar-refractivity contribution in [3.63, 3.8) is 0 Å². The van der Waals surface area contributed by atoms with Gasteiger partial charge in [-0.25, -0.2) is 0 Å². The van der Waals surface area contributed by atoms with Crippen LogP contribution in [-0.4, -0.2) is 33.1 Å². The fourth-order valence-electron chi connectivity index (χ4n) is 3.05. The summed E-state index contributed by atoms with van der Waals surface area (Å²) in [6.07, 6.45) is 1.56. The Morgan fingerprint density at radius 2 is 2.15 bits per heavy atom. The molecule has 1 amide bonds. The molecule has 0 bridgehead atoms. The number of benzene rings is 2. The van der Waals surface area contributed by atoms with E-state index in [0.29, 0.717) is 21.6 Å². The topological polar surface area (TPSA) is 81.4 Å². The lowest BCUT2D eigenvalue weighted by molar-refractivity contribution is -0.118. The van der Waals surface area contributed by atoms with Crippen LogP contribution in [0, 0.1) is 0 Å². The van der Waals surface area contributed by atoms with Crippen molar-refractivity contribution in [3.8, 4) is 5.75 Å². The highest BCUT2D eigenvalue weighted by Gasteiger charge is 2.30. The van der Waals surface area contributed by atoms with Crippen LogP contribution in [0.5, 0.6) is 5.75 Å². The summed E-state index contributed by atoms with van der Waals surface area (Å²) in [7, 11) is 0. The zero-order valence-electron chi connectivity index (χ0n) is 13.8. The molecule has 1 unspecified atom stereocenters. The lowest BCUT2D eigenvalue weighted by Gasteiger charge is -2.25. The third-order valence-electron chi connectivity index (χ3n) is 4.28. The van der Waals surface area contributed by atoms with Crippen LogP contribution < -0.4 is 10.1 Å². The molecule has 2 aromatic carbocycles. The molecular formula is C18H12ClN5O2S. The number of hydrogen-bond donors (Lipinski definition) is 1. The van der Waals surface area contributed by atoms with E-state index in [-0.39, 0.29) is 17.8 Å². The van der Waals surface area contributed by atoms with Gasteiger partial charge in [-0.15, -0.1) is 10.2 Å². The highest BCUT2D eigenvalue weighted by atomic mass is 35.5. The standard InChI is InChI=1S/C18H12ClN5O2S/c19-12-4-2-1-3-11(12)17-16(23-24-9-20-22-18(24)27-17)10-5-6-14-13(7-10)21-15(25)8-26-14/h1-7,9,17H,8H2,(H,21,25). The molecule has 9 heteroatoms. The van der Waals surface area contributed by atoms with E-state index in [1.807, 2.05) is 42.5 Å². The Labute approximate surface area is 163 Å². The second kappa shape index (κ2) is 6.40. The summed E-state index contributed by atoms with van der Waals surface area (Å²) in [6, 6.07) is 13.3. The Balaban J connectivity index is 1.64. The molecule has 1 aromatic heterocycles. The van der Waals surface area contributed by atoms with Gasteiger partial charge in [0.15, 0.2) is 6.61 Å². The normalized spacial score (nSPS) is 18.0. The molecule has 0 aliphatic carbocycles. The zero-order chi connectivity index (χ0) is 18.4. The van der Waals surface area contributed by atoms with Crippen LogP contribution in [-0.2, 0) is 4.79 Å². The van der Waals surface area contributed by atoms with Gasteiger partial charge in [-0.2, -0.15) is 9.78 Å². The van der Waals surface area contributed by atoms with E-state index in [9.17, 15) is 4.79 Å². The second-order valence-electron chi connectivity index (χ2n) is 6.01. The third-order valence-corrected chi connectivity index (χ3v) is 5.82. The average molecular weight is 398 g/mol. The molecule has 1 N–H and O–H groups in total. The van der Waals surface area contributed by atoms with Crippen LogP contribution >= 0.6 is 23.4 Å². The van der Waals surface area contributed by atoms with Gasteiger partial charge in [-0.05, 0) is 29.8 Å². The Morgan fingerprint density at radius 1 is 1.26 bits per heavy atom. The molecule has 0 radical (unpaired) electrons. The number of rotatable bonds is 2. The van der Waals surface area contributed by atoms with Crippen LogP contribution in [0.25, 0.3) is 0 Å². The van der Waals surface area contributed by atoms with Gasteiger partial charge in [-0.1, -0.05) is 41.6 Å². The Hall–Kier alpha value is -2.84. The molecule has 134 valence electrons. The highest BCUT2D eigenvalue weighted by molar-refractivity contribution is 8.00. The van der Waals surface area contributed by atoms with Crippen LogP contribution in [0.15, 0.2) is 59.0 Å². The minimum absolute atomic E-state index is 0.0233. The van der Waals surface area contributed by atoms with E-state index in [2.05, 4.69) is 15.5 Å². The molecule has 0 saturated heterocycles. The number of thioether (sulfide) groups is 1. The van der Waals surface area contributed by atoms with Gasteiger partial charge in [0.2, 0.25) is 5.16 Å². The molecule has 3 aromatic rings. The van der Waals surface area contributed by atoms with Gasteiger partial charge in [-0.3, -0.25) is 4.79 Å². The van der Waals surface area contributed by atoms with Gasteiger partial charge < -0.3 is 10.1 Å². The van der Waals surface area contributed by atoms with Crippen LogP contribution in [0.1, 0.15) is 16.4 Å². The lowest BCUT2D eigenvalue weighted by Crippen LogP contribution is -2.26. The summed E-state index contributed by atoms with van der Waals surface area (Å²) in [5.41, 5.74) is 3.22. The molecule has 2 aliphatic rings. The Morgan fingerprint density at radius 3 is 3.04 bits per heavy atom. The number of nitrogens with zero attached hydrogens (tertiary/aromatic N) is 4. The molecule has 0 saturated carbocycles. The predicted octanol–water partition coefficient (Wildman–Crippen LogP) is 3.36. The number of fused-ring (bicyclic) bond motifs is 2. The number of amides is 1. The molecule has 5 rings (SSSR count). The maximum Gasteiger partial charge on any atom is 0.262 e. The van der Waals surface area contributed by atoms with Crippen LogP contribution in [0.2, 0.25) is 5.02 Å². The molecule has 27 heavy (non-hydrogen) atoms.